The Balaban J connectivity index is 1.54. The summed E-state index contributed by atoms with van der Waals surface area (Å²) in [5.41, 5.74) is 3.17. The van der Waals surface area contributed by atoms with Gasteiger partial charge in [0.15, 0.2) is 0 Å². The molecule has 3 aromatic heterocycles. The van der Waals surface area contributed by atoms with E-state index in [2.05, 4.69) is 34.3 Å². The molecule has 0 aliphatic rings. The van der Waals surface area contributed by atoms with Crippen molar-refractivity contribution < 1.29 is 4.79 Å². The fourth-order valence-corrected chi connectivity index (χ4v) is 3.72. The standard InChI is InChI=1S/C20H19N5OS/c1-13(2)10-18-23-24-20(27-18)22-19(26)15-8-9-25-12-16(21-17(25)11-15)14-6-4-3-5-7-14/h3-9,11-13H,10H2,1-2H3,(H,22,24,26). The number of benzene rings is 1. The van der Waals surface area contributed by atoms with Crippen LogP contribution in [0.15, 0.2) is 54.9 Å². The fourth-order valence-electron chi connectivity index (χ4n) is 2.78. The number of nitrogens with zero attached hydrogens (tertiary/aromatic N) is 4. The van der Waals surface area contributed by atoms with Gasteiger partial charge in [0.1, 0.15) is 10.7 Å². The van der Waals surface area contributed by atoms with Gasteiger partial charge in [-0.25, -0.2) is 4.98 Å². The summed E-state index contributed by atoms with van der Waals surface area (Å²) in [7, 11) is 0. The van der Waals surface area contributed by atoms with Crippen LogP contribution in [-0.2, 0) is 6.42 Å². The number of amides is 1. The normalized spacial score (nSPS) is 11.2. The van der Waals surface area contributed by atoms with Gasteiger partial charge >= 0.3 is 0 Å². The average Bonchev–Trinajstić information content (AvgIpc) is 3.27. The molecule has 7 heteroatoms. The highest BCUT2D eigenvalue weighted by Crippen LogP contribution is 2.21. The maximum Gasteiger partial charge on any atom is 0.257 e. The van der Waals surface area contributed by atoms with Crippen molar-refractivity contribution in [2.24, 2.45) is 5.92 Å². The van der Waals surface area contributed by atoms with Crippen LogP contribution in [0.5, 0.6) is 0 Å². The molecule has 0 bridgehead atoms. The van der Waals surface area contributed by atoms with Crippen LogP contribution in [0.3, 0.4) is 0 Å². The van der Waals surface area contributed by atoms with Crippen molar-refractivity contribution in [2.75, 3.05) is 5.32 Å². The maximum atomic E-state index is 12.6. The number of imidazole rings is 1. The van der Waals surface area contributed by atoms with Crippen molar-refractivity contribution in [3.05, 3.63) is 65.4 Å². The number of rotatable bonds is 5. The monoisotopic (exact) mass is 377 g/mol. The minimum absolute atomic E-state index is 0.214. The van der Waals surface area contributed by atoms with Crippen molar-refractivity contribution in [3.8, 4) is 11.3 Å². The number of carbonyl (C=O) groups is 1. The summed E-state index contributed by atoms with van der Waals surface area (Å²) in [6.45, 7) is 4.26. The lowest BCUT2D eigenvalue weighted by Gasteiger charge is -2.01. The van der Waals surface area contributed by atoms with E-state index < -0.39 is 0 Å². The highest BCUT2D eigenvalue weighted by atomic mass is 32.1. The minimum atomic E-state index is -0.214. The Bertz CT molecular complexity index is 1080. The summed E-state index contributed by atoms with van der Waals surface area (Å²) in [5.74, 6) is 0.289. The second-order valence-electron chi connectivity index (χ2n) is 6.73. The molecule has 0 aliphatic carbocycles. The topological polar surface area (TPSA) is 72.2 Å². The number of nitrogens with one attached hydrogen (secondary N) is 1. The van der Waals surface area contributed by atoms with Gasteiger partial charge in [-0.05, 0) is 18.1 Å². The molecular weight excluding hydrogens is 358 g/mol. The molecule has 0 unspecified atom stereocenters. The molecule has 1 aromatic carbocycles. The van der Waals surface area contributed by atoms with Crippen LogP contribution < -0.4 is 5.32 Å². The van der Waals surface area contributed by atoms with Gasteiger partial charge in [0.25, 0.3) is 5.91 Å². The molecule has 27 heavy (non-hydrogen) atoms. The van der Waals surface area contributed by atoms with Crippen molar-refractivity contribution in [1.29, 1.82) is 0 Å². The van der Waals surface area contributed by atoms with E-state index in [1.165, 1.54) is 11.3 Å². The molecule has 1 amide bonds. The van der Waals surface area contributed by atoms with Crippen molar-refractivity contribution in [3.63, 3.8) is 0 Å². The second-order valence-corrected chi connectivity index (χ2v) is 7.79. The van der Waals surface area contributed by atoms with Crippen LogP contribution in [0.25, 0.3) is 16.9 Å². The Morgan fingerprint density at radius 1 is 1.19 bits per heavy atom. The number of hydrogen-bond acceptors (Lipinski definition) is 5. The molecular formula is C20H19N5OS. The fraction of sp³-hybridized carbons (Fsp3) is 0.200. The van der Waals surface area contributed by atoms with Gasteiger partial charge in [-0.2, -0.15) is 0 Å². The molecule has 136 valence electrons. The van der Waals surface area contributed by atoms with E-state index in [1.807, 2.05) is 47.1 Å². The predicted molar refractivity (Wildman–Crippen MR) is 107 cm³/mol. The van der Waals surface area contributed by atoms with Crippen molar-refractivity contribution >= 4 is 28.0 Å². The first kappa shape index (κ1) is 17.4. The van der Waals surface area contributed by atoms with E-state index in [1.54, 1.807) is 12.1 Å². The summed E-state index contributed by atoms with van der Waals surface area (Å²) in [4.78, 5) is 17.2. The zero-order chi connectivity index (χ0) is 18.8. The number of anilines is 1. The highest BCUT2D eigenvalue weighted by Gasteiger charge is 2.13. The SMILES string of the molecule is CC(C)Cc1nnc(NC(=O)c2ccn3cc(-c4ccccc4)nc3c2)s1. The third-order valence-corrected chi connectivity index (χ3v) is 4.92. The smallest absolute Gasteiger partial charge is 0.257 e. The molecule has 3 heterocycles. The Morgan fingerprint density at radius 3 is 2.78 bits per heavy atom. The van der Waals surface area contributed by atoms with Crippen LogP contribution in [0.1, 0.15) is 29.2 Å². The Kier molecular flexibility index (Phi) is 4.68. The number of carbonyl (C=O) groups excluding carboxylic acids is 1. The first-order valence-corrected chi connectivity index (χ1v) is 9.58. The van der Waals surface area contributed by atoms with E-state index in [4.69, 9.17) is 0 Å². The zero-order valence-electron chi connectivity index (χ0n) is 15.1. The molecule has 4 rings (SSSR count). The Morgan fingerprint density at radius 2 is 2.00 bits per heavy atom. The lowest BCUT2D eigenvalue weighted by molar-refractivity contribution is 0.102. The maximum absolute atomic E-state index is 12.6. The summed E-state index contributed by atoms with van der Waals surface area (Å²) in [5, 5.41) is 12.5. The molecule has 6 nitrogen and oxygen atoms in total. The molecule has 0 saturated heterocycles. The zero-order valence-corrected chi connectivity index (χ0v) is 15.9. The summed E-state index contributed by atoms with van der Waals surface area (Å²) >= 11 is 1.41. The largest absolute Gasteiger partial charge is 0.306 e. The third kappa shape index (κ3) is 3.88. The summed E-state index contributed by atoms with van der Waals surface area (Å²) in [6.07, 6.45) is 4.65. The molecule has 1 N–H and O–H groups in total. The van der Waals surface area contributed by atoms with E-state index >= 15 is 0 Å². The Labute approximate surface area is 160 Å². The predicted octanol–water partition coefficient (Wildman–Crippen LogP) is 4.30. The number of hydrogen-bond donors (Lipinski definition) is 1. The van der Waals surface area contributed by atoms with Gasteiger partial charge < -0.3 is 4.40 Å². The Hall–Kier alpha value is -3.06. The lowest BCUT2D eigenvalue weighted by atomic mass is 10.1. The van der Waals surface area contributed by atoms with Crippen molar-refractivity contribution in [1.82, 2.24) is 19.6 Å². The number of pyridine rings is 1. The number of aromatic nitrogens is 4. The van der Waals surface area contributed by atoms with Gasteiger partial charge in [0.05, 0.1) is 5.69 Å². The van der Waals surface area contributed by atoms with Gasteiger partial charge in [-0.15, -0.1) is 10.2 Å². The molecule has 0 saturated carbocycles. The van der Waals surface area contributed by atoms with E-state index in [-0.39, 0.29) is 5.91 Å². The molecule has 4 aromatic rings. The van der Waals surface area contributed by atoms with Crippen LogP contribution in [-0.4, -0.2) is 25.5 Å². The molecule has 0 aliphatic heterocycles. The lowest BCUT2D eigenvalue weighted by Crippen LogP contribution is -2.12. The van der Waals surface area contributed by atoms with Crippen molar-refractivity contribution in [2.45, 2.75) is 20.3 Å². The van der Waals surface area contributed by atoms with Gasteiger partial charge in [-0.3, -0.25) is 10.1 Å². The second kappa shape index (κ2) is 7.28. The molecule has 0 atom stereocenters. The van der Waals surface area contributed by atoms with Crippen LogP contribution in [0.4, 0.5) is 5.13 Å². The van der Waals surface area contributed by atoms with E-state index in [0.29, 0.717) is 16.6 Å². The summed E-state index contributed by atoms with van der Waals surface area (Å²) in [6, 6.07) is 13.5. The summed E-state index contributed by atoms with van der Waals surface area (Å²) < 4.78 is 1.91. The quantitative estimate of drug-likeness (QED) is 0.563. The molecule has 0 radical (unpaired) electrons. The van der Waals surface area contributed by atoms with E-state index in [9.17, 15) is 4.79 Å². The average molecular weight is 377 g/mol. The van der Waals surface area contributed by atoms with Crippen LogP contribution in [0.2, 0.25) is 0 Å². The third-order valence-electron chi connectivity index (χ3n) is 4.06. The van der Waals surface area contributed by atoms with Crippen LogP contribution in [0, 0.1) is 5.92 Å². The minimum Gasteiger partial charge on any atom is -0.306 e. The highest BCUT2D eigenvalue weighted by molar-refractivity contribution is 7.15. The van der Waals surface area contributed by atoms with Gasteiger partial charge in [0.2, 0.25) is 5.13 Å². The molecule has 0 spiro atoms. The first-order valence-electron chi connectivity index (χ1n) is 8.76. The molecule has 0 fully saturated rings. The van der Waals surface area contributed by atoms with E-state index in [0.717, 1.165) is 28.3 Å². The van der Waals surface area contributed by atoms with Gasteiger partial charge in [-0.1, -0.05) is 55.5 Å². The first-order chi connectivity index (χ1) is 13.1. The van der Waals surface area contributed by atoms with Crippen LogP contribution >= 0.6 is 11.3 Å². The van der Waals surface area contributed by atoms with Gasteiger partial charge in [0, 0.05) is 29.9 Å². The number of fused-ring (bicyclic) bond motifs is 1.